The van der Waals surface area contributed by atoms with Gasteiger partial charge in [-0.3, -0.25) is 0 Å². The molecule has 1 rings (SSSR count). The zero-order valence-corrected chi connectivity index (χ0v) is 5.56. The highest BCUT2D eigenvalue weighted by Gasteiger charge is 2.49. The molecule has 0 aromatic carbocycles. The van der Waals surface area contributed by atoms with E-state index in [1.165, 1.54) is 0 Å². The van der Waals surface area contributed by atoms with Crippen molar-refractivity contribution < 1.29 is 13.9 Å². The third kappa shape index (κ3) is 1.13. The average molecular weight is 151 g/mol. The third-order valence-corrected chi connectivity index (χ3v) is 1.99. The highest BCUT2D eigenvalue weighted by molar-refractivity contribution is 4.97. The van der Waals surface area contributed by atoms with E-state index in [-0.39, 0.29) is 12.5 Å². The summed E-state index contributed by atoms with van der Waals surface area (Å²) in [5.74, 6) is -0.266. The van der Waals surface area contributed by atoms with E-state index in [2.05, 4.69) is 0 Å². The molecule has 1 fully saturated rings. The van der Waals surface area contributed by atoms with Crippen molar-refractivity contribution in [2.24, 2.45) is 11.7 Å². The maximum Gasteiger partial charge on any atom is 0.268 e. The first-order chi connectivity index (χ1) is 4.61. The molecule has 3 N–H and O–H groups in total. The van der Waals surface area contributed by atoms with Crippen LogP contribution in [-0.2, 0) is 0 Å². The number of alkyl halides is 2. The van der Waals surface area contributed by atoms with E-state index in [4.69, 9.17) is 10.8 Å². The SMILES string of the molecule is NCC(O)(C(F)F)C1CC1. The lowest BCUT2D eigenvalue weighted by Gasteiger charge is -2.24. The van der Waals surface area contributed by atoms with Gasteiger partial charge in [-0.05, 0) is 18.8 Å². The average Bonchev–Trinajstić information content (AvgIpc) is 2.67. The van der Waals surface area contributed by atoms with Gasteiger partial charge in [-0.15, -0.1) is 0 Å². The summed E-state index contributed by atoms with van der Waals surface area (Å²) >= 11 is 0. The molecule has 0 radical (unpaired) electrons. The fourth-order valence-corrected chi connectivity index (χ4v) is 1.02. The minimum Gasteiger partial charge on any atom is -0.382 e. The molecule has 10 heavy (non-hydrogen) atoms. The van der Waals surface area contributed by atoms with Crippen LogP contribution in [0.2, 0.25) is 0 Å². The Balaban J connectivity index is 2.56. The Labute approximate surface area is 58.0 Å². The molecule has 1 aliphatic rings. The van der Waals surface area contributed by atoms with Gasteiger partial charge >= 0.3 is 0 Å². The van der Waals surface area contributed by atoms with Crippen LogP contribution in [0, 0.1) is 5.92 Å². The molecule has 1 atom stereocenters. The van der Waals surface area contributed by atoms with Gasteiger partial charge in [0.05, 0.1) is 0 Å². The molecule has 0 bridgehead atoms. The monoisotopic (exact) mass is 151 g/mol. The van der Waals surface area contributed by atoms with Gasteiger partial charge in [0.1, 0.15) is 5.60 Å². The number of nitrogens with two attached hydrogens (primary N) is 1. The summed E-state index contributed by atoms with van der Waals surface area (Å²) in [5.41, 5.74) is 3.12. The highest BCUT2D eigenvalue weighted by Crippen LogP contribution is 2.42. The molecule has 0 heterocycles. The Morgan fingerprint density at radius 3 is 2.20 bits per heavy atom. The molecular formula is C6H11F2NO. The number of halogens is 2. The second-order valence-electron chi connectivity index (χ2n) is 2.77. The first kappa shape index (κ1) is 7.88. The van der Waals surface area contributed by atoms with Gasteiger partial charge in [0, 0.05) is 6.54 Å². The predicted octanol–water partition coefficient (Wildman–Crippen LogP) is 0.351. The number of aliphatic hydroxyl groups is 1. The van der Waals surface area contributed by atoms with Crippen molar-refractivity contribution in [1.82, 2.24) is 0 Å². The van der Waals surface area contributed by atoms with Gasteiger partial charge in [0.25, 0.3) is 6.43 Å². The quantitative estimate of drug-likeness (QED) is 0.611. The Bertz CT molecular complexity index is 123. The second-order valence-corrected chi connectivity index (χ2v) is 2.77. The van der Waals surface area contributed by atoms with Crippen molar-refractivity contribution in [3.8, 4) is 0 Å². The van der Waals surface area contributed by atoms with Crippen molar-refractivity contribution in [3.63, 3.8) is 0 Å². The van der Waals surface area contributed by atoms with Crippen LogP contribution in [0.3, 0.4) is 0 Å². The molecule has 1 aliphatic carbocycles. The summed E-state index contributed by atoms with van der Waals surface area (Å²) in [5, 5.41) is 9.16. The Morgan fingerprint density at radius 1 is 1.60 bits per heavy atom. The Morgan fingerprint density at radius 2 is 2.10 bits per heavy atom. The highest BCUT2D eigenvalue weighted by atomic mass is 19.3. The minimum absolute atomic E-state index is 0.266. The summed E-state index contributed by atoms with van der Waals surface area (Å²) in [6, 6.07) is 0. The summed E-state index contributed by atoms with van der Waals surface area (Å²) in [6.07, 6.45) is -1.35. The van der Waals surface area contributed by atoms with Crippen molar-refractivity contribution >= 4 is 0 Å². The predicted molar refractivity (Wildman–Crippen MR) is 32.7 cm³/mol. The summed E-state index contributed by atoms with van der Waals surface area (Å²) in [6.45, 7) is -0.338. The van der Waals surface area contributed by atoms with E-state index in [0.717, 1.165) is 0 Å². The molecule has 2 nitrogen and oxygen atoms in total. The van der Waals surface area contributed by atoms with Gasteiger partial charge in [0.15, 0.2) is 0 Å². The summed E-state index contributed by atoms with van der Waals surface area (Å²) in [7, 11) is 0. The summed E-state index contributed by atoms with van der Waals surface area (Å²) in [4.78, 5) is 0. The lowest BCUT2D eigenvalue weighted by atomic mass is 9.99. The molecule has 60 valence electrons. The molecule has 1 saturated carbocycles. The maximum absolute atomic E-state index is 12.0. The molecule has 0 spiro atoms. The van der Waals surface area contributed by atoms with Crippen molar-refractivity contribution in [1.29, 1.82) is 0 Å². The zero-order valence-electron chi connectivity index (χ0n) is 5.56. The second kappa shape index (κ2) is 2.43. The van der Waals surface area contributed by atoms with E-state index in [1.54, 1.807) is 0 Å². The molecule has 0 aliphatic heterocycles. The van der Waals surface area contributed by atoms with Crippen molar-refractivity contribution in [3.05, 3.63) is 0 Å². The van der Waals surface area contributed by atoms with E-state index >= 15 is 0 Å². The van der Waals surface area contributed by atoms with Crippen LogP contribution in [0.4, 0.5) is 8.78 Å². The first-order valence-corrected chi connectivity index (χ1v) is 3.32. The molecule has 0 amide bonds. The van der Waals surface area contributed by atoms with Crippen LogP contribution >= 0.6 is 0 Å². The molecule has 1 unspecified atom stereocenters. The van der Waals surface area contributed by atoms with E-state index in [0.29, 0.717) is 12.8 Å². The normalized spacial score (nSPS) is 24.9. The fraction of sp³-hybridized carbons (Fsp3) is 1.00. The van der Waals surface area contributed by atoms with Crippen LogP contribution < -0.4 is 5.73 Å². The van der Waals surface area contributed by atoms with Gasteiger partial charge < -0.3 is 10.8 Å². The van der Waals surface area contributed by atoms with Gasteiger partial charge in [-0.1, -0.05) is 0 Å². The van der Waals surface area contributed by atoms with E-state index in [1.807, 2.05) is 0 Å². The minimum atomic E-state index is -2.70. The van der Waals surface area contributed by atoms with Crippen LogP contribution in [0.15, 0.2) is 0 Å². The Hall–Kier alpha value is -0.220. The van der Waals surface area contributed by atoms with Crippen LogP contribution in [0.5, 0.6) is 0 Å². The smallest absolute Gasteiger partial charge is 0.268 e. The van der Waals surface area contributed by atoms with E-state index < -0.39 is 12.0 Å². The van der Waals surface area contributed by atoms with Crippen LogP contribution in [-0.4, -0.2) is 23.7 Å². The van der Waals surface area contributed by atoms with Crippen molar-refractivity contribution in [2.75, 3.05) is 6.54 Å². The third-order valence-electron chi connectivity index (χ3n) is 1.99. The molecule has 0 saturated heterocycles. The van der Waals surface area contributed by atoms with Crippen LogP contribution in [0.25, 0.3) is 0 Å². The Kier molecular flexibility index (Phi) is 1.92. The molecule has 0 aromatic heterocycles. The lowest BCUT2D eigenvalue weighted by molar-refractivity contribution is -0.104. The van der Waals surface area contributed by atoms with E-state index in [9.17, 15) is 8.78 Å². The maximum atomic E-state index is 12.0. The van der Waals surface area contributed by atoms with Gasteiger partial charge in [-0.25, -0.2) is 8.78 Å². The first-order valence-electron chi connectivity index (χ1n) is 3.32. The van der Waals surface area contributed by atoms with Crippen LogP contribution in [0.1, 0.15) is 12.8 Å². The molecule has 4 heteroatoms. The van der Waals surface area contributed by atoms with Gasteiger partial charge in [0.2, 0.25) is 0 Å². The lowest BCUT2D eigenvalue weighted by Crippen LogP contribution is -2.46. The number of hydrogen-bond acceptors (Lipinski definition) is 2. The molecule has 0 aromatic rings. The summed E-state index contributed by atoms with van der Waals surface area (Å²) < 4.78 is 24.1. The number of rotatable bonds is 3. The largest absolute Gasteiger partial charge is 0.382 e. The standard InChI is InChI=1S/C6H11F2NO/c7-5(8)6(10,3-9)4-1-2-4/h4-5,10H,1-3,9H2. The van der Waals surface area contributed by atoms with Crippen molar-refractivity contribution in [2.45, 2.75) is 24.9 Å². The zero-order chi connectivity index (χ0) is 7.78. The van der Waals surface area contributed by atoms with Gasteiger partial charge in [-0.2, -0.15) is 0 Å². The molecular weight excluding hydrogens is 140 g/mol. The fourth-order valence-electron chi connectivity index (χ4n) is 1.02. The number of hydrogen-bond donors (Lipinski definition) is 2. The topological polar surface area (TPSA) is 46.2 Å².